The third-order valence-electron chi connectivity index (χ3n) is 5.47. The molecule has 3 atom stereocenters. The summed E-state index contributed by atoms with van der Waals surface area (Å²) < 4.78 is 5.37. The number of carboxylic acids is 1. The van der Waals surface area contributed by atoms with Crippen LogP contribution in [0.15, 0.2) is 18.2 Å². The van der Waals surface area contributed by atoms with E-state index in [2.05, 4.69) is 5.32 Å². The van der Waals surface area contributed by atoms with E-state index >= 15 is 0 Å². The Morgan fingerprint density at radius 3 is 2.84 bits per heavy atom. The van der Waals surface area contributed by atoms with Gasteiger partial charge in [-0.2, -0.15) is 0 Å². The number of hydrogen-bond acceptors (Lipinski definition) is 4. The van der Waals surface area contributed by atoms with Crippen LogP contribution in [0.1, 0.15) is 42.5 Å². The Labute approximate surface area is 144 Å². The number of nitrogens with one attached hydrogen (secondary N) is 1. The summed E-state index contributed by atoms with van der Waals surface area (Å²) in [7, 11) is 0. The number of benzene rings is 1. The van der Waals surface area contributed by atoms with E-state index in [1.54, 1.807) is 23.1 Å². The smallest absolute Gasteiger partial charge is 0.326 e. The van der Waals surface area contributed by atoms with Crippen molar-refractivity contribution in [2.45, 2.75) is 44.2 Å². The maximum atomic E-state index is 13.1. The van der Waals surface area contributed by atoms with Crippen LogP contribution in [0.5, 0.6) is 5.75 Å². The Morgan fingerprint density at radius 2 is 2.04 bits per heavy atom. The number of likely N-dealkylation sites (tertiary alicyclic amines) is 1. The zero-order chi connectivity index (χ0) is 17.6. The minimum atomic E-state index is -0.941. The second-order valence-corrected chi connectivity index (χ2v) is 6.96. The lowest BCUT2D eigenvalue weighted by Crippen LogP contribution is -2.46. The average molecular weight is 344 g/mol. The molecule has 2 N–H and O–H groups in total. The van der Waals surface area contributed by atoms with Crippen LogP contribution in [0.3, 0.4) is 0 Å². The molecule has 0 bridgehead atoms. The molecule has 2 heterocycles. The highest BCUT2D eigenvalue weighted by Crippen LogP contribution is 2.41. The Kier molecular flexibility index (Phi) is 3.86. The molecule has 4 rings (SSSR count). The summed E-state index contributed by atoms with van der Waals surface area (Å²) in [6.45, 7) is -0.0865. The highest BCUT2D eigenvalue weighted by atomic mass is 16.5. The number of carboxylic acid groups (broad SMARTS) is 1. The third-order valence-corrected chi connectivity index (χ3v) is 5.47. The number of hydrogen-bond donors (Lipinski definition) is 2. The lowest BCUT2D eigenvalue weighted by Gasteiger charge is -2.33. The van der Waals surface area contributed by atoms with Crippen molar-refractivity contribution in [3.63, 3.8) is 0 Å². The molecular formula is C18H20N2O5. The molecule has 3 unspecified atom stereocenters. The van der Waals surface area contributed by atoms with E-state index in [0.29, 0.717) is 23.4 Å². The van der Waals surface area contributed by atoms with E-state index in [-0.39, 0.29) is 30.4 Å². The normalized spacial score (nSPS) is 27.8. The maximum Gasteiger partial charge on any atom is 0.326 e. The summed E-state index contributed by atoms with van der Waals surface area (Å²) >= 11 is 0. The summed E-state index contributed by atoms with van der Waals surface area (Å²) in [6.07, 6.45) is 4.50. The lowest BCUT2D eigenvalue weighted by atomic mass is 9.84. The Morgan fingerprint density at radius 1 is 1.24 bits per heavy atom. The minimum Gasteiger partial charge on any atom is -0.482 e. The van der Waals surface area contributed by atoms with Crippen molar-refractivity contribution in [3.05, 3.63) is 23.8 Å². The van der Waals surface area contributed by atoms with Gasteiger partial charge in [-0.1, -0.05) is 12.8 Å². The van der Waals surface area contributed by atoms with E-state index in [1.165, 1.54) is 0 Å². The van der Waals surface area contributed by atoms with Crippen LogP contribution in [0.25, 0.3) is 0 Å². The monoisotopic (exact) mass is 344 g/mol. The number of ether oxygens (including phenoxy) is 1. The van der Waals surface area contributed by atoms with Crippen LogP contribution in [-0.2, 0) is 9.59 Å². The molecule has 0 radical (unpaired) electrons. The van der Waals surface area contributed by atoms with Crippen LogP contribution < -0.4 is 10.1 Å². The predicted octanol–water partition coefficient (Wildman–Crippen LogP) is 1.88. The van der Waals surface area contributed by atoms with Gasteiger partial charge in [0, 0.05) is 11.6 Å². The summed E-state index contributed by atoms with van der Waals surface area (Å²) in [4.78, 5) is 37.7. The van der Waals surface area contributed by atoms with Gasteiger partial charge >= 0.3 is 5.97 Å². The summed E-state index contributed by atoms with van der Waals surface area (Å²) in [5, 5.41) is 12.3. The first kappa shape index (κ1) is 15.9. The third kappa shape index (κ3) is 2.73. The second-order valence-electron chi connectivity index (χ2n) is 6.96. The van der Waals surface area contributed by atoms with Crippen molar-refractivity contribution in [3.8, 4) is 5.75 Å². The highest BCUT2D eigenvalue weighted by Gasteiger charge is 2.47. The first-order valence-electron chi connectivity index (χ1n) is 8.67. The van der Waals surface area contributed by atoms with Crippen molar-refractivity contribution < 1.29 is 24.2 Å². The number of fused-ring (bicyclic) bond motifs is 2. The molecule has 0 aromatic heterocycles. The SMILES string of the molecule is O=C1COc2cc(C(=O)N3C(C(=O)O)CC4CCCCC43)ccc2N1. The molecular weight excluding hydrogens is 324 g/mol. The van der Waals surface area contributed by atoms with Crippen LogP contribution in [0.2, 0.25) is 0 Å². The van der Waals surface area contributed by atoms with Crippen LogP contribution in [-0.4, -0.2) is 46.5 Å². The van der Waals surface area contributed by atoms with Crippen LogP contribution >= 0.6 is 0 Å². The molecule has 1 aromatic rings. The average Bonchev–Trinajstić information content (AvgIpc) is 3.00. The van der Waals surface area contributed by atoms with Crippen LogP contribution in [0, 0.1) is 5.92 Å². The van der Waals surface area contributed by atoms with Crippen LogP contribution in [0.4, 0.5) is 5.69 Å². The molecule has 132 valence electrons. The van der Waals surface area contributed by atoms with E-state index in [4.69, 9.17) is 4.74 Å². The van der Waals surface area contributed by atoms with E-state index in [9.17, 15) is 19.5 Å². The van der Waals surface area contributed by atoms with Gasteiger partial charge in [-0.15, -0.1) is 0 Å². The van der Waals surface area contributed by atoms with Crippen molar-refractivity contribution in [1.29, 1.82) is 0 Å². The van der Waals surface area contributed by atoms with Gasteiger partial charge < -0.3 is 20.1 Å². The second kappa shape index (κ2) is 6.06. The van der Waals surface area contributed by atoms with Gasteiger partial charge in [-0.3, -0.25) is 9.59 Å². The summed E-state index contributed by atoms with van der Waals surface area (Å²) in [5.74, 6) is -0.736. The number of anilines is 1. The van der Waals surface area contributed by atoms with Gasteiger partial charge in [-0.25, -0.2) is 4.79 Å². The largest absolute Gasteiger partial charge is 0.482 e. The van der Waals surface area contributed by atoms with Crippen molar-refractivity contribution in [1.82, 2.24) is 4.90 Å². The molecule has 2 amide bonds. The van der Waals surface area contributed by atoms with E-state index in [0.717, 1.165) is 25.7 Å². The van der Waals surface area contributed by atoms with Crippen molar-refractivity contribution >= 4 is 23.5 Å². The van der Waals surface area contributed by atoms with Crippen molar-refractivity contribution in [2.24, 2.45) is 5.92 Å². The molecule has 1 aliphatic carbocycles. The lowest BCUT2D eigenvalue weighted by molar-refractivity contribution is -0.141. The Hall–Kier alpha value is -2.57. The molecule has 2 fully saturated rings. The Bertz CT molecular complexity index is 747. The zero-order valence-corrected chi connectivity index (χ0v) is 13.7. The summed E-state index contributed by atoms with van der Waals surface area (Å²) in [5.41, 5.74) is 0.923. The number of aliphatic carboxylic acids is 1. The molecule has 1 saturated heterocycles. The summed E-state index contributed by atoms with van der Waals surface area (Å²) in [6, 6.07) is 4.07. The van der Waals surface area contributed by atoms with Gasteiger partial charge in [0.05, 0.1) is 5.69 Å². The predicted molar refractivity (Wildman–Crippen MR) is 88.5 cm³/mol. The molecule has 25 heavy (non-hydrogen) atoms. The number of amides is 2. The first-order chi connectivity index (χ1) is 12.0. The topological polar surface area (TPSA) is 95.9 Å². The van der Waals surface area contributed by atoms with E-state index < -0.39 is 12.0 Å². The van der Waals surface area contributed by atoms with Gasteiger partial charge in [0.1, 0.15) is 11.8 Å². The fourth-order valence-corrected chi connectivity index (χ4v) is 4.33. The van der Waals surface area contributed by atoms with Gasteiger partial charge in [0.15, 0.2) is 6.61 Å². The fourth-order valence-electron chi connectivity index (χ4n) is 4.33. The van der Waals surface area contributed by atoms with Gasteiger partial charge in [-0.05, 0) is 43.4 Å². The maximum absolute atomic E-state index is 13.1. The number of nitrogens with zero attached hydrogens (tertiary/aromatic N) is 1. The molecule has 0 spiro atoms. The number of carbonyl (C=O) groups excluding carboxylic acids is 2. The number of rotatable bonds is 2. The minimum absolute atomic E-state index is 0.000923. The van der Waals surface area contributed by atoms with Crippen molar-refractivity contribution in [2.75, 3.05) is 11.9 Å². The number of carbonyl (C=O) groups is 3. The Balaban J connectivity index is 1.64. The molecule has 7 nitrogen and oxygen atoms in total. The van der Waals surface area contributed by atoms with Gasteiger partial charge in [0.25, 0.3) is 11.8 Å². The highest BCUT2D eigenvalue weighted by molar-refractivity contribution is 6.00. The van der Waals surface area contributed by atoms with E-state index in [1.807, 2.05) is 0 Å². The zero-order valence-electron chi connectivity index (χ0n) is 13.7. The molecule has 1 aromatic carbocycles. The molecule has 3 aliphatic rings. The van der Waals surface area contributed by atoms with Gasteiger partial charge in [0.2, 0.25) is 0 Å². The fraction of sp³-hybridized carbons (Fsp3) is 0.500. The first-order valence-corrected chi connectivity index (χ1v) is 8.67. The standard InChI is InChI=1S/C18H20N2O5/c21-16-9-25-15-8-11(5-6-12(15)19-16)17(22)20-13-4-2-1-3-10(13)7-14(20)18(23)24/h5-6,8,10,13-14H,1-4,7,9H2,(H,19,21)(H,23,24). The molecule has 2 aliphatic heterocycles. The molecule has 1 saturated carbocycles. The molecule has 7 heteroatoms. The quantitative estimate of drug-likeness (QED) is 0.854.